The second-order valence-corrected chi connectivity index (χ2v) is 3.61. The summed E-state index contributed by atoms with van der Waals surface area (Å²) < 4.78 is 11.1. The van der Waals surface area contributed by atoms with E-state index >= 15 is 0 Å². The maximum atomic E-state index is 11.2. The third kappa shape index (κ3) is 2.04. The highest BCUT2D eigenvalue weighted by Crippen LogP contribution is 2.30. The molecule has 0 unspecified atom stereocenters. The van der Waals surface area contributed by atoms with Crippen LogP contribution in [0.25, 0.3) is 10.8 Å². The fourth-order valence-electron chi connectivity index (χ4n) is 1.68. The number of ether oxygens (including phenoxy) is 2. The number of esters is 1. The van der Waals surface area contributed by atoms with Crippen molar-refractivity contribution >= 4 is 16.7 Å². The molecule has 0 radical (unpaired) electrons. The molecule has 5 nitrogen and oxygen atoms in total. The van der Waals surface area contributed by atoms with Gasteiger partial charge < -0.3 is 19.1 Å². The molecule has 0 spiro atoms. The van der Waals surface area contributed by atoms with Crippen molar-refractivity contribution in [2.75, 3.05) is 14.2 Å². The van der Waals surface area contributed by atoms with Gasteiger partial charge in [-0.05, 0) is 18.2 Å². The van der Waals surface area contributed by atoms with Crippen LogP contribution in [0.15, 0.2) is 24.4 Å². The molecule has 1 N–H and O–H groups in total. The molecule has 0 aliphatic carbocycles. The molecule has 0 atom stereocenters. The van der Waals surface area contributed by atoms with Crippen LogP contribution in [0.3, 0.4) is 0 Å². The van der Waals surface area contributed by atoms with Crippen molar-refractivity contribution in [2.45, 2.75) is 6.54 Å². The van der Waals surface area contributed by atoms with E-state index in [1.165, 1.54) is 11.7 Å². The molecule has 17 heavy (non-hydrogen) atoms. The van der Waals surface area contributed by atoms with Gasteiger partial charge in [-0.1, -0.05) is 0 Å². The number of aromatic nitrogens is 1. The highest BCUT2D eigenvalue weighted by atomic mass is 16.5. The van der Waals surface area contributed by atoms with Gasteiger partial charge in [0.1, 0.15) is 12.3 Å². The maximum Gasteiger partial charge on any atom is 0.325 e. The van der Waals surface area contributed by atoms with E-state index in [1.54, 1.807) is 25.4 Å². The largest absolute Gasteiger partial charge is 0.497 e. The fourth-order valence-corrected chi connectivity index (χ4v) is 1.68. The predicted octanol–water partition coefficient (Wildman–Crippen LogP) is 1.53. The summed E-state index contributed by atoms with van der Waals surface area (Å²) in [5.74, 6) is 0.278. The molecule has 1 aromatic heterocycles. The summed E-state index contributed by atoms with van der Waals surface area (Å²) in [5.41, 5.74) is 0. The van der Waals surface area contributed by atoms with Crippen LogP contribution in [0.1, 0.15) is 0 Å². The van der Waals surface area contributed by atoms with Crippen LogP contribution < -0.4 is 4.74 Å². The van der Waals surface area contributed by atoms with Crippen LogP contribution in [-0.4, -0.2) is 29.9 Å². The van der Waals surface area contributed by atoms with Crippen molar-refractivity contribution in [3.8, 4) is 11.6 Å². The fraction of sp³-hybridized carbons (Fsp3) is 0.250. The van der Waals surface area contributed by atoms with E-state index in [4.69, 9.17) is 4.74 Å². The van der Waals surface area contributed by atoms with Gasteiger partial charge in [0.2, 0.25) is 0 Å². The molecule has 0 saturated carbocycles. The third-order valence-electron chi connectivity index (χ3n) is 2.60. The van der Waals surface area contributed by atoms with E-state index in [9.17, 15) is 9.90 Å². The van der Waals surface area contributed by atoms with Crippen LogP contribution in [0.5, 0.6) is 11.6 Å². The normalized spacial score (nSPS) is 10.5. The van der Waals surface area contributed by atoms with Crippen LogP contribution in [0.2, 0.25) is 0 Å². The van der Waals surface area contributed by atoms with Crippen molar-refractivity contribution in [3.63, 3.8) is 0 Å². The molecule has 0 bridgehead atoms. The molecular weight excluding hydrogens is 222 g/mol. The second kappa shape index (κ2) is 4.37. The van der Waals surface area contributed by atoms with E-state index in [2.05, 4.69) is 4.74 Å². The number of rotatable bonds is 3. The first-order valence-corrected chi connectivity index (χ1v) is 5.08. The van der Waals surface area contributed by atoms with Gasteiger partial charge in [0.05, 0.1) is 14.2 Å². The molecule has 1 aromatic carbocycles. The molecule has 2 rings (SSSR count). The number of fused-ring (bicyclic) bond motifs is 1. The molecular formula is C12H13NO4. The van der Waals surface area contributed by atoms with E-state index in [-0.39, 0.29) is 12.4 Å². The number of carbonyl (C=O) groups is 1. The van der Waals surface area contributed by atoms with Gasteiger partial charge in [-0.2, -0.15) is 0 Å². The minimum Gasteiger partial charge on any atom is -0.497 e. The zero-order chi connectivity index (χ0) is 12.4. The summed E-state index contributed by atoms with van der Waals surface area (Å²) in [6.07, 6.45) is 1.70. The summed E-state index contributed by atoms with van der Waals surface area (Å²) in [7, 11) is 2.87. The summed E-state index contributed by atoms with van der Waals surface area (Å²) in [6, 6.07) is 5.34. The third-order valence-corrected chi connectivity index (χ3v) is 2.60. The monoisotopic (exact) mass is 235 g/mol. The van der Waals surface area contributed by atoms with Crippen LogP contribution in [0, 0.1) is 0 Å². The Kier molecular flexibility index (Phi) is 2.91. The topological polar surface area (TPSA) is 60.7 Å². The van der Waals surface area contributed by atoms with E-state index in [0.29, 0.717) is 11.1 Å². The van der Waals surface area contributed by atoms with Crippen molar-refractivity contribution in [3.05, 3.63) is 24.4 Å². The average Bonchev–Trinajstić information content (AvgIpc) is 2.66. The Hall–Kier alpha value is -2.17. The average molecular weight is 235 g/mol. The Bertz CT molecular complexity index is 559. The zero-order valence-electron chi connectivity index (χ0n) is 9.64. The number of carbonyl (C=O) groups excluding carboxylic acids is 1. The Morgan fingerprint density at radius 3 is 2.82 bits per heavy atom. The summed E-state index contributed by atoms with van der Waals surface area (Å²) in [4.78, 5) is 11.2. The molecule has 0 aliphatic rings. The first-order valence-electron chi connectivity index (χ1n) is 5.08. The van der Waals surface area contributed by atoms with Gasteiger partial charge in [0.15, 0.2) is 5.88 Å². The number of hydrogen-bond acceptors (Lipinski definition) is 4. The van der Waals surface area contributed by atoms with Crippen molar-refractivity contribution < 1.29 is 19.4 Å². The lowest BCUT2D eigenvalue weighted by Gasteiger charge is -2.02. The number of methoxy groups -OCH3 is 2. The number of benzene rings is 1. The van der Waals surface area contributed by atoms with Gasteiger partial charge in [-0.15, -0.1) is 0 Å². The zero-order valence-corrected chi connectivity index (χ0v) is 9.64. The predicted molar refractivity (Wildman–Crippen MR) is 62.2 cm³/mol. The standard InChI is InChI=1S/C12H13NO4/c1-16-9-4-3-8-6-13(7-11(14)17-2)12(15)10(8)5-9/h3-6,15H,7H2,1-2H3. The molecule has 0 aliphatic heterocycles. The molecule has 0 fully saturated rings. The Morgan fingerprint density at radius 2 is 2.18 bits per heavy atom. The molecule has 5 heteroatoms. The van der Waals surface area contributed by atoms with Crippen molar-refractivity contribution in [1.29, 1.82) is 0 Å². The minimum absolute atomic E-state index is 0.0146. The van der Waals surface area contributed by atoms with Gasteiger partial charge >= 0.3 is 5.97 Å². The molecule has 0 amide bonds. The Balaban J connectivity index is 2.45. The smallest absolute Gasteiger partial charge is 0.325 e. The molecule has 2 aromatic rings. The van der Waals surface area contributed by atoms with Gasteiger partial charge in [0, 0.05) is 17.0 Å². The van der Waals surface area contributed by atoms with Crippen LogP contribution in [-0.2, 0) is 16.1 Å². The van der Waals surface area contributed by atoms with Crippen LogP contribution in [0.4, 0.5) is 0 Å². The lowest BCUT2D eigenvalue weighted by atomic mass is 10.2. The first kappa shape index (κ1) is 11.3. The molecule has 0 saturated heterocycles. The quantitative estimate of drug-likeness (QED) is 0.819. The minimum atomic E-state index is -0.410. The lowest BCUT2D eigenvalue weighted by molar-refractivity contribution is -0.141. The van der Waals surface area contributed by atoms with Gasteiger partial charge in [-0.3, -0.25) is 4.79 Å². The summed E-state index contributed by atoms with van der Waals surface area (Å²) >= 11 is 0. The second-order valence-electron chi connectivity index (χ2n) is 3.61. The van der Waals surface area contributed by atoms with Gasteiger partial charge in [-0.25, -0.2) is 0 Å². The van der Waals surface area contributed by atoms with E-state index in [1.807, 2.05) is 6.07 Å². The summed E-state index contributed by atoms with van der Waals surface area (Å²) in [5, 5.41) is 11.4. The Labute approximate surface area is 98.2 Å². The highest BCUT2D eigenvalue weighted by Gasteiger charge is 2.11. The van der Waals surface area contributed by atoms with E-state index in [0.717, 1.165) is 5.39 Å². The lowest BCUT2D eigenvalue weighted by Crippen LogP contribution is -2.09. The molecule has 90 valence electrons. The summed E-state index contributed by atoms with van der Waals surface area (Å²) in [6.45, 7) is -0.0146. The number of nitrogens with zero attached hydrogens (tertiary/aromatic N) is 1. The molecule has 1 heterocycles. The van der Waals surface area contributed by atoms with Gasteiger partial charge in [0.25, 0.3) is 0 Å². The SMILES string of the molecule is COC(=O)Cn1cc2ccc(OC)cc2c1O. The van der Waals surface area contributed by atoms with Crippen molar-refractivity contribution in [2.24, 2.45) is 0 Å². The highest BCUT2D eigenvalue weighted by molar-refractivity contribution is 5.89. The first-order chi connectivity index (χ1) is 8.15. The maximum absolute atomic E-state index is 11.2. The number of aromatic hydroxyl groups is 1. The van der Waals surface area contributed by atoms with Crippen molar-refractivity contribution in [1.82, 2.24) is 4.57 Å². The number of hydrogen-bond donors (Lipinski definition) is 1. The Morgan fingerprint density at radius 1 is 1.41 bits per heavy atom. The van der Waals surface area contributed by atoms with E-state index < -0.39 is 5.97 Å². The van der Waals surface area contributed by atoms with Crippen LogP contribution >= 0.6 is 0 Å².